The quantitative estimate of drug-likeness (QED) is 0.130. The van der Waals surface area contributed by atoms with Gasteiger partial charge in [-0.05, 0) is 96.5 Å². The second kappa shape index (κ2) is 11.1. The highest BCUT2D eigenvalue weighted by Gasteiger charge is 2.72. The van der Waals surface area contributed by atoms with Gasteiger partial charge in [0, 0.05) is 0 Å². The van der Waals surface area contributed by atoms with Gasteiger partial charge < -0.3 is 9.47 Å². The molecule has 10 heteroatoms. The molecule has 0 atom stereocenters. The molecular formula is C33H28F6O4. The highest BCUT2D eigenvalue weighted by molar-refractivity contribution is 6.12. The Balaban J connectivity index is 1.87. The number of carbonyl (C=O) groups is 2. The van der Waals surface area contributed by atoms with Crippen LogP contribution in [-0.2, 0) is 10.2 Å². The van der Waals surface area contributed by atoms with Crippen molar-refractivity contribution < 1.29 is 45.4 Å². The maximum absolute atomic E-state index is 14.8. The van der Waals surface area contributed by atoms with Crippen molar-refractivity contribution in [3.05, 3.63) is 111 Å². The van der Waals surface area contributed by atoms with E-state index >= 15 is 0 Å². The van der Waals surface area contributed by atoms with Crippen LogP contribution in [0.15, 0.2) is 60.7 Å². The van der Waals surface area contributed by atoms with Crippen LogP contribution in [0.25, 0.3) is 10.8 Å². The Bertz CT molecular complexity index is 1690. The molecule has 4 rings (SSSR count). The Kier molecular flexibility index (Phi) is 8.12. The van der Waals surface area contributed by atoms with Crippen molar-refractivity contribution in [3.63, 3.8) is 0 Å². The minimum absolute atomic E-state index is 0.0386. The van der Waals surface area contributed by atoms with Crippen LogP contribution in [0.3, 0.4) is 0 Å². The lowest BCUT2D eigenvalue weighted by Crippen LogP contribution is -2.55. The van der Waals surface area contributed by atoms with Crippen molar-refractivity contribution in [2.45, 2.75) is 52.4 Å². The van der Waals surface area contributed by atoms with E-state index in [1.165, 1.54) is 46.9 Å². The van der Waals surface area contributed by atoms with Crippen molar-refractivity contribution in [1.29, 1.82) is 0 Å². The Morgan fingerprint density at radius 3 is 1.40 bits per heavy atom. The van der Waals surface area contributed by atoms with Crippen molar-refractivity contribution >= 4 is 22.7 Å². The summed E-state index contributed by atoms with van der Waals surface area (Å²) in [6, 6.07) is 12.6. The van der Waals surface area contributed by atoms with Gasteiger partial charge in [0.2, 0.25) is 5.41 Å². The third-order valence-electron chi connectivity index (χ3n) is 7.85. The van der Waals surface area contributed by atoms with Crippen molar-refractivity contribution in [3.8, 4) is 5.75 Å². The van der Waals surface area contributed by atoms with Crippen molar-refractivity contribution in [1.82, 2.24) is 0 Å². The van der Waals surface area contributed by atoms with Crippen LogP contribution in [-0.4, -0.2) is 31.4 Å². The van der Waals surface area contributed by atoms with E-state index in [1.807, 2.05) is 0 Å². The molecule has 4 nitrogen and oxygen atoms in total. The molecule has 0 aliphatic carbocycles. The number of alkyl halides is 6. The Morgan fingerprint density at radius 2 is 1.00 bits per heavy atom. The third-order valence-corrected chi connectivity index (χ3v) is 7.85. The standard InChI is InChI=1S/C33H28F6O4/c1-17-13-22(14-18(2)21(17)5)31(32(34,35)36,33(37,38)39)23-15-19(3)28(20(4)16-23)43-30(41)27-12-11-26(29(40)42-6)24-9-7-8-10-25(24)27/h7-16H,1-6H3. The summed E-state index contributed by atoms with van der Waals surface area (Å²) in [4.78, 5) is 25.5. The smallest absolute Gasteiger partial charge is 0.411 e. The third kappa shape index (κ3) is 5.23. The van der Waals surface area contributed by atoms with Crippen LogP contribution >= 0.6 is 0 Å². The highest BCUT2D eigenvalue weighted by atomic mass is 19.4. The lowest BCUT2D eigenvalue weighted by atomic mass is 9.71. The number of hydrogen-bond donors (Lipinski definition) is 0. The van der Waals surface area contributed by atoms with E-state index in [9.17, 15) is 35.9 Å². The second-order valence-corrected chi connectivity index (χ2v) is 10.5. The van der Waals surface area contributed by atoms with Crippen LogP contribution in [0.4, 0.5) is 26.3 Å². The van der Waals surface area contributed by atoms with Gasteiger partial charge in [-0.25, -0.2) is 9.59 Å². The molecule has 0 unspecified atom stereocenters. The zero-order valence-corrected chi connectivity index (χ0v) is 24.2. The lowest BCUT2D eigenvalue weighted by Gasteiger charge is -2.39. The summed E-state index contributed by atoms with van der Waals surface area (Å²) in [6.45, 7) is 7.11. The summed E-state index contributed by atoms with van der Waals surface area (Å²) in [5.74, 6) is -1.71. The zero-order valence-electron chi connectivity index (χ0n) is 24.2. The SMILES string of the molecule is COC(=O)c1ccc(C(=O)Oc2c(C)cc(C(c3cc(C)c(C)c(C)c3)(C(F)(F)F)C(F)(F)F)cc2C)c2ccccc12. The molecular weight excluding hydrogens is 574 g/mol. The summed E-state index contributed by atoms with van der Waals surface area (Å²) >= 11 is 0. The molecule has 43 heavy (non-hydrogen) atoms. The number of hydrogen-bond acceptors (Lipinski definition) is 4. The first-order valence-electron chi connectivity index (χ1n) is 13.1. The number of halogens is 6. The van der Waals surface area contributed by atoms with Gasteiger partial charge in [-0.3, -0.25) is 0 Å². The molecule has 0 heterocycles. The summed E-state index contributed by atoms with van der Waals surface area (Å²) in [5.41, 5.74) is -5.14. The molecule has 226 valence electrons. The van der Waals surface area contributed by atoms with E-state index < -0.39 is 40.8 Å². The Labute approximate surface area is 244 Å². The van der Waals surface area contributed by atoms with E-state index in [4.69, 9.17) is 9.47 Å². The van der Waals surface area contributed by atoms with E-state index in [1.54, 1.807) is 31.2 Å². The van der Waals surface area contributed by atoms with Crippen molar-refractivity contribution in [2.24, 2.45) is 0 Å². The van der Waals surface area contributed by atoms with Gasteiger partial charge in [-0.1, -0.05) is 48.5 Å². The van der Waals surface area contributed by atoms with E-state index in [-0.39, 0.29) is 39.1 Å². The molecule has 0 saturated heterocycles. The molecule has 0 fully saturated rings. The summed E-state index contributed by atoms with van der Waals surface area (Å²) in [6.07, 6.45) is -11.5. The van der Waals surface area contributed by atoms with E-state index in [0.29, 0.717) is 16.3 Å². The first kappa shape index (κ1) is 31.6. The topological polar surface area (TPSA) is 52.6 Å². The average Bonchev–Trinajstić information content (AvgIpc) is 2.91. The molecule has 4 aromatic rings. The van der Waals surface area contributed by atoms with Crippen LogP contribution in [0.2, 0.25) is 0 Å². The number of esters is 2. The van der Waals surface area contributed by atoms with Crippen LogP contribution in [0, 0.1) is 34.6 Å². The summed E-state index contributed by atoms with van der Waals surface area (Å²) in [5, 5.41) is 0.747. The molecule has 0 radical (unpaired) electrons. The number of methoxy groups -OCH3 is 1. The normalized spacial score (nSPS) is 12.4. The van der Waals surface area contributed by atoms with Crippen LogP contribution in [0.1, 0.15) is 59.7 Å². The fourth-order valence-electron chi connectivity index (χ4n) is 5.47. The fraction of sp³-hybridized carbons (Fsp3) is 0.273. The largest absolute Gasteiger partial charge is 0.465 e. The lowest BCUT2D eigenvalue weighted by molar-refractivity contribution is -0.288. The molecule has 0 spiro atoms. The first-order valence-corrected chi connectivity index (χ1v) is 13.1. The maximum Gasteiger partial charge on any atom is 0.411 e. The molecule has 0 aromatic heterocycles. The summed E-state index contributed by atoms with van der Waals surface area (Å²) < 4.78 is 99.3. The maximum atomic E-state index is 14.8. The predicted octanol–water partition coefficient (Wildman–Crippen LogP) is 8.80. The van der Waals surface area contributed by atoms with Gasteiger partial charge in [-0.2, -0.15) is 26.3 Å². The van der Waals surface area contributed by atoms with Gasteiger partial charge in [0.25, 0.3) is 0 Å². The van der Waals surface area contributed by atoms with Gasteiger partial charge >= 0.3 is 24.3 Å². The molecule has 0 N–H and O–H groups in total. The fourth-order valence-corrected chi connectivity index (χ4v) is 5.47. The number of benzene rings is 4. The number of rotatable bonds is 5. The van der Waals surface area contributed by atoms with Crippen LogP contribution in [0.5, 0.6) is 5.75 Å². The van der Waals surface area contributed by atoms with Gasteiger partial charge in [-0.15, -0.1) is 0 Å². The number of aryl methyl sites for hydroxylation is 4. The number of carbonyl (C=O) groups excluding carboxylic acids is 2. The van der Waals surface area contributed by atoms with Crippen molar-refractivity contribution in [2.75, 3.05) is 7.11 Å². The monoisotopic (exact) mass is 602 g/mol. The van der Waals surface area contributed by atoms with Gasteiger partial charge in [0.05, 0.1) is 18.2 Å². The van der Waals surface area contributed by atoms with E-state index in [2.05, 4.69) is 0 Å². The minimum Gasteiger partial charge on any atom is -0.465 e. The molecule has 0 saturated carbocycles. The molecule has 4 aromatic carbocycles. The van der Waals surface area contributed by atoms with E-state index in [0.717, 1.165) is 24.3 Å². The van der Waals surface area contributed by atoms with Gasteiger partial charge in [0.1, 0.15) is 5.75 Å². The zero-order chi connectivity index (χ0) is 32.1. The second-order valence-electron chi connectivity index (χ2n) is 10.5. The number of ether oxygens (including phenoxy) is 2. The summed E-state index contributed by atoms with van der Waals surface area (Å²) in [7, 11) is 1.21. The average molecular weight is 603 g/mol. The Morgan fingerprint density at radius 1 is 0.605 bits per heavy atom. The molecule has 0 aliphatic rings. The number of fused-ring (bicyclic) bond motifs is 1. The van der Waals surface area contributed by atoms with Gasteiger partial charge in [0.15, 0.2) is 0 Å². The molecule has 0 aliphatic heterocycles. The molecule has 0 bridgehead atoms. The van der Waals surface area contributed by atoms with Crippen LogP contribution < -0.4 is 4.74 Å². The Hall–Kier alpha value is -4.34. The molecule has 0 amide bonds. The highest BCUT2D eigenvalue weighted by Crippen LogP contribution is 2.57. The first-order chi connectivity index (χ1) is 19.9. The predicted molar refractivity (Wildman–Crippen MR) is 150 cm³/mol. The minimum atomic E-state index is -5.77.